The second-order valence-electron chi connectivity index (χ2n) is 6.28. The van der Waals surface area contributed by atoms with E-state index in [0.29, 0.717) is 12.5 Å². The van der Waals surface area contributed by atoms with Gasteiger partial charge in [0.05, 0.1) is 0 Å². The highest BCUT2D eigenvalue weighted by Gasteiger charge is 2.24. The van der Waals surface area contributed by atoms with Crippen LogP contribution in [0.4, 0.5) is 0 Å². The predicted octanol–water partition coefficient (Wildman–Crippen LogP) is 3.74. The molecule has 0 saturated heterocycles. The molecule has 2 atom stereocenters. The molecule has 0 bridgehead atoms. The maximum absolute atomic E-state index is 11.0. The summed E-state index contributed by atoms with van der Waals surface area (Å²) >= 11 is 0. The van der Waals surface area contributed by atoms with Crippen molar-refractivity contribution in [3.8, 4) is 0 Å². The van der Waals surface area contributed by atoms with Gasteiger partial charge in [0.15, 0.2) is 0 Å². The summed E-state index contributed by atoms with van der Waals surface area (Å²) in [6, 6.07) is 19.4. The number of carboxylic acids is 1. The van der Waals surface area contributed by atoms with Gasteiger partial charge in [-0.2, -0.15) is 0 Å². The molecular formula is C20H23NO2. The number of benzene rings is 2. The van der Waals surface area contributed by atoms with Crippen molar-refractivity contribution in [1.82, 2.24) is 5.32 Å². The number of carbonyl (C=O) groups is 1. The van der Waals surface area contributed by atoms with Crippen LogP contribution in [-0.4, -0.2) is 17.1 Å². The SMILES string of the molecule is O=C(O)CCC(Cc1ccccc1)NC1CCc2ccccc21. The second-order valence-corrected chi connectivity index (χ2v) is 6.28. The first kappa shape index (κ1) is 15.8. The smallest absolute Gasteiger partial charge is 0.303 e. The molecule has 2 aromatic carbocycles. The molecule has 0 aliphatic heterocycles. The fourth-order valence-electron chi connectivity index (χ4n) is 3.46. The van der Waals surface area contributed by atoms with Crippen LogP contribution in [-0.2, 0) is 17.6 Å². The van der Waals surface area contributed by atoms with Crippen molar-refractivity contribution >= 4 is 5.97 Å². The van der Waals surface area contributed by atoms with E-state index in [9.17, 15) is 4.79 Å². The molecule has 2 aromatic rings. The van der Waals surface area contributed by atoms with Crippen molar-refractivity contribution in [3.05, 3.63) is 71.3 Å². The minimum atomic E-state index is -0.725. The highest BCUT2D eigenvalue weighted by atomic mass is 16.4. The highest BCUT2D eigenvalue weighted by Crippen LogP contribution is 2.31. The number of rotatable bonds is 7. The van der Waals surface area contributed by atoms with E-state index in [1.807, 2.05) is 18.2 Å². The summed E-state index contributed by atoms with van der Waals surface area (Å²) in [5.74, 6) is -0.725. The summed E-state index contributed by atoms with van der Waals surface area (Å²) in [4.78, 5) is 11.0. The summed E-state index contributed by atoms with van der Waals surface area (Å²) in [7, 11) is 0. The van der Waals surface area contributed by atoms with E-state index in [1.165, 1.54) is 16.7 Å². The van der Waals surface area contributed by atoms with Crippen LogP contribution in [0.2, 0.25) is 0 Å². The Morgan fingerprint density at radius 3 is 2.65 bits per heavy atom. The van der Waals surface area contributed by atoms with Gasteiger partial charge in [-0.3, -0.25) is 4.79 Å². The van der Waals surface area contributed by atoms with Gasteiger partial charge in [-0.25, -0.2) is 0 Å². The first-order valence-corrected chi connectivity index (χ1v) is 8.32. The van der Waals surface area contributed by atoms with Crippen LogP contribution in [0.5, 0.6) is 0 Å². The third-order valence-electron chi connectivity index (χ3n) is 4.60. The summed E-state index contributed by atoms with van der Waals surface area (Å²) < 4.78 is 0. The third kappa shape index (κ3) is 4.20. The van der Waals surface area contributed by atoms with E-state index < -0.39 is 5.97 Å². The quantitative estimate of drug-likeness (QED) is 0.819. The van der Waals surface area contributed by atoms with Gasteiger partial charge in [0.1, 0.15) is 0 Å². The lowest BCUT2D eigenvalue weighted by molar-refractivity contribution is -0.137. The van der Waals surface area contributed by atoms with E-state index in [-0.39, 0.29) is 12.5 Å². The van der Waals surface area contributed by atoms with E-state index >= 15 is 0 Å². The summed E-state index contributed by atoms with van der Waals surface area (Å²) in [6.07, 6.45) is 3.93. The Labute approximate surface area is 137 Å². The van der Waals surface area contributed by atoms with Gasteiger partial charge in [0.25, 0.3) is 0 Å². The van der Waals surface area contributed by atoms with Crippen molar-refractivity contribution in [1.29, 1.82) is 0 Å². The molecule has 23 heavy (non-hydrogen) atoms. The Kier molecular flexibility index (Phi) is 5.09. The van der Waals surface area contributed by atoms with Gasteiger partial charge in [0, 0.05) is 18.5 Å². The molecule has 1 aliphatic carbocycles. The molecule has 2 unspecified atom stereocenters. The summed E-state index contributed by atoms with van der Waals surface area (Å²) in [6.45, 7) is 0. The normalized spacial score (nSPS) is 17.7. The highest BCUT2D eigenvalue weighted by molar-refractivity contribution is 5.66. The van der Waals surface area contributed by atoms with E-state index in [2.05, 4.69) is 41.7 Å². The molecule has 0 aromatic heterocycles. The molecule has 0 spiro atoms. The molecule has 0 saturated carbocycles. The molecule has 3 heteroatoms. The monoisotopic (exact) mass is 309 g/mol. The van der Waals surface area contributed by atoms with Crippen molar-refractivity contribution < 1.29 is 9.90 Å². The lowest BCUT2D eigenvalue weighted by Crippen LogP contribution is -2.34. The molecule has 0 amide bonds. The Morgan fingerprint density at radius 2 is 1.87 bits per heavy atom. The lowest BCUT2D eigenvalue weighted by Gasteiger charge is -2.23. The van der Waals surface area contributed by atoms with Crippen LogP contribution in [0, 0.1) is 0 Å². The zero-order valence-electron chi connectivity index (χ0n) is 13.2. The van der Waals surface area contributed by atoms with Crippen LogP contribution in [0.25, 0.3) is 0 Å². The van der Waals surface area contributed by atoms with Gasteiger partial charge in [-0.05, 0) is 42.4 Å². The molecule has 3 nitrogen and oxygen atoms in total. The summed E-state index contributed by atoms with van der Waals surface area (Å²) in [5.41, 5.74) is 4.05. The minimum absolute atomic E-state index is 0.185. The zero-order chi connectivity index (χ0) is 16.1. The minimum Gasteiger partial charge on any atom is -0.481 e. The number of hydrogen-bond acceptors (Lipinski definition) is 2. The van der Waals surface area contributed by atoms with Crippen LogP contribution in [0.15, 0.2) is 54.6 Å². The Morgan fingerprint density at radius 1 is 1.13 bits per heavy atom. The second kappa shape index (κ2) is 7.42. The molecule has 1 aliphatic rings. The summed E-state index contributed by atoms with van der Waals surface area (Å²) in [5, 5.41) is 12.7. The van der Waals surface area contributed by atoms with Crippen molar-refractivity contribution in [2.75, 3.05) is 0 Å². The average molecular weight is 309 g/mol. The molecule has 0 fully saturated rings. The van der Waals surface area contributed by atoms with Crippen LogP contribution in [0.3, 0.4) is 0 Å². The van der Waals surface area contributed by atoms with Crippen LogP contribution >= 0.6 is 0 Å². The van der Waals surface area contributed by atoms with Crippen molar-refractivity contribution in [2.45, 2.75) is 44.2 Å². The van der Waals surface area contributed by atoms with Gasteiger partial charge in [0.2, 0.25) is 0 Å². The molecular weight excluding hydrogens is 286 g/mol. The van der Waals surface area contributed by atoms with Gasteiger partial charge in [-0.15, -0.1) is 0 Å². The molecule has 3 rings (SSSR count). The predicted molar refractivity (Wildman–Crippen MR) is 91.4 cm³/mol. The number of aliphatic carboxylic acids is 1. The first-order valence-electron chi connectivity index (χ1n) is 8.32. The number of fused-ring (bicyclic) bond motifs is 1. The molecule has 0 radical (unpaired) electrons. The number of nitrogens with one attached hydrogen (secondary N) is 1. The Hall–Kier alpha value is -2.13. The van der Waals surface area contributed by atoms with E-state index in [1.54, 1.807) is 0 Å². The Bertz CT molecular complexity index is 654. The number of hydrogen-bond donors (Lipinski definition) is 2. The standard InChI is InChI=1S/C20H23NO2/c22-20(23)13-11-17(14-15-6-2-1-3-7-15)21-19-12-10-16-8-4-5-9-18(16)19/h1-9,17,19,21H,10-14H2,(H,22,23). The molecule has 0 heterocycles. The van der Waals surface area contributed by atoms with E-state index in [4.69, 9.17) is 5.11 Å². The zero-order valence-corrected chi connectivity index (χ0v) is 13.2. The van der Waals surface area contributed by atoms with Gasteiger partial charge < -0.3 is 10.4 Å². The number of aryl methyl sites for hydroxylation is 1. The first-order chi connectivity index (χ1) is 11.2. The number of carboxylic acid groups (broad SMARTS) is 1. The fraction of sp³-hybridized carbons (Fsp3) is 0.350. The van der Waals surface area contributed by atoms with Gasteiger partial charge >= 0.3 is 5.97 Å². The van der Waals surface area contributed by atoms with Crippen molar-refractivity contribution in [3.63, 3.8) is 0 Å². The topological polar surface area (TPSA) is 49.3 Å². The maximum atomic E-state index is 11.0. The maximum Gasteiger partial charge on any atom is 0.303 e. The van der Waals surface area contributed by atoms with Gasteiger partial charge in [-0.1, -0.05) is 54.6 Å². The largest absolute Gasteiger partial charge is 0.481 e. The Balaban J connectivity index is 1.70. The van der Waals surface area contributed by atoms with E-state index in [0.717, 1.165) is 19.3 Å². The molecule has 120 valence electrons. The lowest BCUT2D eigenvalue weighted by atomic mass is 9.99. The van der Waals surface area contributed by atoms with Crippen molar-refractivity contribution in [2.24, 2.45) is 0 Å². The van der Waals surface area contributed by atoms with Crippen LogP contribution in [0.1, 0.15) is 42.0 Å². The average Bonchev–Trinajstić information content (AvgIpc) is 2.97. The fourth-order valence-corrected chi connectivity index (χ4v) is 3.46. The molecule has 2 N–H and O–H groups in total. The third-order valence-corrected chi connectivity index (χ3v) is 4.60. The van der Waals surface area contributed by atoms with Crippen LogP contribution < -0.4 is 5.32 Å².